The first-order chi connectivity index (χ1) is 31.0. The van der Waals surface area contributed by atoms with E-state index in [2.05, 4.69) is 62.5 Å². The van der Waals surface area contributed by atoms with E-state index >= 15 is 0 Å². The minimum atomic E-state index is -0.793. The van der Waals surface area contributed by atoms with Gasteiger partial charge in [-0.25, -0.2) is 0 Å². The summed E-state index contributed by atoms with van der Waals surface area (Å²) in [4.78, 5) is 26.2. The van der Waals surface area contributed by atoms with Crippen molar-refractivity contribution in [3.05, 3.63) is 36.5 Å². The Kier molecular flexibility index (Phi) is 49.5. The van der Waals surface area contributed by atoms with Crippen LogP contribution in [-0.2, 0) is 14.3 Å². The van der Waals surface area contributed by atoms with Gasteiger partial charge in [0.05, 0.1) is 25.2 Å². The first kappa shape index (κ1) is 61.1. The second-order valence-corrected chi connectivity index (χ2v) is 19.0. The number of rotatable bonds is 50. The van der Waals surface area contributed by atoms with Gasteiger partial charge in [0.15, 0.2) is 0 Å². The smallest absolute Gasteiger partial charge is 0.306 e. The van der Waals surface area contributed by atoms with Gasteiger partial charge >= 0.3 is 5.97 Å². The molecule has 0 heterocycles. The Hall–Kier alpha value is -1.92. The average Bonchev–Trinajstić information content (AvgIpc) is 3.28. The molecule has 3 atom stereocenters. The van der Waals surface area contributed by atoms with Crippen LogP contribution in [0, 0.1) is 0 Å². The second-order valence-electron chi connectivity index (χ2n) is 19.0. The van der Waals surface area contributed by atoms with Gasteiger partial charge in [0.2, 0.25) is 5.91 Å². The number of amides is 1. The Morgan fingerprint density at radius 2 is 0.810 bits per heavy atom. The molecule has 6 heteroatoms. The first-order valence-electron chi connectivity index (χ1n) is 27.7. The van der Waals surface area contributed by atoms with E-state index in [1.807, 2.05) is 0 Å². The number of unbranched alkanes of at least 4 members (excludes halogenated alkanes) is 33. The monoisotopic (exact) mass is 886 g/mol. The molecule has 0 aromatic carbocycles. The number of ether oxygens (including phenoxy) is 1. The molecule has 0 spiro atoms. The van der Waals surface area contributed by atoms with E-state index < -0.39 is 18.2 Å². The fourth-order valence-corrected chi connectivity index (χ4v) is 8.48. The maximum absolute atomic E-state index is 13.2. The fourth-order valence-electron chi connectivity index (χ4n) is 8.48. The van der Waals surface area contributed by atoms with Crippen LogP contribution in [0.25, 0.3) is 0 Å². The van der Waals surface area contributed by atoms with Crippen molar-refractivity contribution in [1.82, 2.24) is 5.32 Å². The molecule has 0 saturated carbocycles. The molecule has 0 bridgehead atoms. The van der Waals surface area contributed by atoms with Crippen LogP contribution in [0.5, 0.6) is 0 Å². The van der Waals surface area contributed by atoms with E-state index in [1.165, 1.54) is 161 Å². The lowest BCUT2D eigenvalue weighted by Gasteiger charge is -2.24. The standard InChI is InChI=1S/C57H107NO5/c1-4-7-10-13-16-19-22-25-27-29-32-35-38-41-44-47-50-57(62)63-53(48-45-42-39-36-33-30-24-21-18-15-12-9-6-3)51-56(61)58-54(52-59)55(60)49-46-43-40-37-34-31-28-26-23-20-17-14-11-8-5-2/h18,21,24,27,29-30,53-55,59-60H,4-17,19-20,22-23,25-26,28,31-52H2,1-3H3,(H,58,61)/b21-18+,29-27+,30-24+. The largest absolute Gasteiger partial charge is 0.462 e. The van der Waals surface area contributed by atoms with Crippen molar-refractivity contribution < 1.29 is 24.5 Å². The third-order valence-electron chi connectivity index (χ3n) is 12.7. The summed E-state index contributed by atoms with van der Waals surface area (Å²) in [5.74, 6) is -0.493. The highest BCUT2D eigenvalue weighted by atomic mass is 16.5. The quantitative estimate of drug-likeness (QED) is 0.0245. The topological polar surface area (TPSA) is 95.9 Å². The van der Waals surface area contributed by atoms with Crippen molar-refractivity contribution in [1.29, 1.82) is 0 Å². The number of esters is 1. The number of hydrogen-bond acceptors (Lipinski definition) is 5. The third kappa shape index (κ3) is 46.4. The number of hydrogen-bond donors (Lipinski definition) is 3. The molecule has 0 aromatic heterocycles. The van der Waals surface area contributed by atoms with Gasteiger partial charge in [-0.1, -0.05) is 237 Å². The Bertz CT molecular complexity index is 1040. The Morgan fingerprint density at radius 1 is 0.460 bits per heavy atom. The van der Waals surface area contributed by atoms with Gasteiger partial charge in [0.25, 0.3) is 0 Å². The number of allylic oxidation sites excluding steroid dienone is 6. The van der Waals surface area contributed by atoms with Crippen LogP contribution in [0.15, 0.2) is 36.5 Å². The van der Waals surface area contributed by atoms with Crippen molar-refractivity contribution in [2.45, 2.75) is 309 Å². The lowest BCUT2D eigenvalue weighted by Crippen LogP contribution is -2.46. The van der Waals surface area contributed by atoms with E-state index in [-0.39, 0.29) is 24.9 Å². The van der Waals surface area contributed by atoms with Gasteiger partial charge < -0.3 is 20.3 Å². The molecule has 0 rings (SSSR count). The summed E-state index contributed by atoms with van der Waals surface area (Å²) in [5.41, 5.74) is 0. The van der Waals surface area contributed by atoms with Crippen LogP contribution in [0.3, 0.4) is 0 Å². The number of aliphatic hydroxyl groups excluding tert-OH is 2. The molecule has 63 heavy (non-hydrogen) atoms. The average molecular weight is 886 g/mol. The van der Waals surface area contributed by atoms with E-state index in [1.54, 1.807) is 0 Å². The number of aliphatic hydroxyl groups is 2. The summed E-state index contributed by atoms with van der Waals surface area (Å²) in [5, 5.41) is 23.8. The Labute approximate surface area is 392 Å². The number of nitrogens with one attached hydrogen (secondary N) is 1. The zero-order valence-electron chi connectivity index (χ0n) is 42.2. The van der Waals surface area contributed by atoms with Crippen molar-refractivity contribution >= 4 is 11.9 Å². The first-order valence-corrected chi connectivity index (χ1v) is 27.7. The molecule has 0 saturated heterocycles. The van der Waals surface area contributed by atoms with Crippen LogP contribution < -0.4 is 5.32 Å². The lowest BCUT2D eigenvalue weighted by atomic mass is 10.0. The highest BCUT2D eigenvalue weighted by Gasteiger charge is 2.24. The normalized spacial score (nSPS) is 13.4. The predicted molar refractivity (Wildman–Crippen MR) is 273 cm³/mol. The summed E-state index contributed by atoms with van der Waals surface area (Å²) < 4.78 is 5.94. The summed E-state index contributed by atoms with van der Waals surface area (Å²) in [6, 6.07) is -0.708. The molecular weight excluding hydrogens is 779 g/mol. The van der Waals surface area contributed by atoms with Crippen molar-refractivity contribution in [2.24, 2.45) is 0 Å². The highest BCUT2D eigenvalue weighted by Crippen LogP contribution is 2.18. The molecule has 3 N–H and O–H groups in total. The van der Waals surface area contributed by atoms with E-state index in [4.69, 9.17) is 4.74 Å². The molecule has 370 valence electrons. The Balaban J connectivity index is 4.55. The van der Waals surface area contributed by atoms with Crippen molar-refractivity contribution in [3.8, 4) is 0 Å². The molecule has 0 radical (unpaired) electrons. The van der Waals surface area contributed by atoms with Gasteiger partial charge in [-0.3, -0.25) is 9.59 Å². The van der Waals surface area contributed by atoms with Gasteiger partial charge in [-0.2, -0.15) is 0 Å². The van der Waals surface area contributed by atoms with Gasteiger partial charge in [0.1, 0.15) is 6.10 Å². The molecule has 0 fully saturated rings. The van der Waals surface area contributed by atoms with Crippen molar-refractivity contribution in [3.63, 3.8) is 0 Å². The predicted octanol–water partition coefficient (Wildman–Crippen LogP) is 16.8. The molecular formula is C57H107NO5. The second kappa shape index (κ2) is 51.1. The SMILES string of the molecule is CCCCC/C=C/C=C/CCCCCCC(CC(=O)NC(CO)C(O)CCCCCCCCCCCCCCCCC)OC(=O)CCCCCCC/C=C/CCCCCCCCC. The van der Waals surface area contributed by atoms with Gasteiger partial charge in [-0.05, 0) is 77.0 Å². The summed E-state index contributed by atoms with van der Waals surface area (Å²) in [7, 11) is 0. The third-order valence-corrected chi connectivity index (χ3v) is 12.7. The lowest BCUT2D eigenvalue weighted by molar-refractivity contribution is -0.151. The highest BCUT2D eigenvalue weighted by molar-refractivity contribution is 5.77. The molecule has 0 aliphatic heterocycles. The van der Waals surface area contributed by atoms with Crippen LogP contribution in [0.1, 0.15) is 290 Å². The van der Waals surface area contributed by atoms with Crippen LogP contribution in [0.2, 0.25) is 0 Å². The summed E-state index contributed by atoms with van der Waals surface area (Å²) in [6.45, 7) is 6.47. The van der Waals surface area contributed by atoms with Gasteiger partial charge in [-0.15, -0.1) is 0 Å². The molecule has 0 aliphatic carbocycles. The van der Waals surface area contributed by atoms with Crippen LogP contribution >= 0.6 is 0 Å². The molecule has 0 aliphatic rings. The van der Waals surface area contributed by atoms with Crippen molar-refractivity contribution in [2.75, 3.05) is 6.61 Å². The summed E-state index contributed by atoms with van der Waals surface area (Å²) >= 11 is 0. The van der Waals surface area contributed by atoms with Crippen LogP contribution in [0.4, 0.5) is 0 Å². The molecule has 6 nitrogen and oxygen atoms in total. The summed E-state index contributed by atoms with van der Waals surface area (Å²) in [6.07, 6.45) is 60.6. The zero-order chi connectivity index (χ0) is 45.9. The maximum Gasteiger partial charge on any atom is 0.306 e. The van der Waals surface area contributed by atoms with E-state index in [0.29, 0.717) is 19.3 Å². The zero-order valence-corrected chi connectivity index (χ0v) is 42.2. The number of carbonyl (C=O) groups is 2. The Morgan fingerprint density at radius 3 is 1.25 bits per heavy atom. The van der Waals surface area contributed by atoms with E-state index in [0.717, 1.165) is 83.5 Å². The van der Waals surface area contributed by atoms with E-state index in [9.17, 15) is 19.8 Å². The molecule has 0 aromatic rings. The minimum absolute atomic E-state index is 0.0632. The van der Waals surface area contributed by atoms with Gasteiger partial charge in [0, 0.05) is 6.42 Å². The number of carbonyl (C=O) groups excluding carboxylic acids is 2. The fraction of sp³-hybridized carbons (Fsp3) is 0.860. The van der Waals surface area contributed by atoms with Crippen LogP contribution in [-0.4, -0.2) is 46.9 Å². The minimum Gasteiger partial charge on any atom is -0.462 e. The molecule has 3 unspecified atom stereocenters. The molecule has 1 amide bonds. The maximum atomic E-state index is 13.2.